The third-order valence-electron chi connectivity index (χ3n) is 3.56. The molecule has 1 nitrogen and oxygen atoms in total. The Bertz CT molecular complexity index is 409. The fourth-order valence-electron chi connectivity index (χ4n) is 2.63. The summed E-state index contributed by atoms with van der Waals surface area (Å²) in [5, 5.41) is 10.2. The van der Waals surface area contributed by atoms with E-state index in [2.05, 4.69) is 0 Å². The zero-order chi connectivity index (χ0) is 13.2. The van der Waals surface area contributed by atoms with Gasteiger partial charge in [0.05, 0.1) is 6.10 Å². The van der Waals surface area contributed by atoms with Crippen molar-refractivity contribution in [2.75, 3.05) is 6.26 Å². The molecular formula is C14H18F2OS. The Kier molecular flexibility index (Phi) is 4.28. The first kappa shape index (κ1) is 13.8. The molecule has 1 saturated carbocycles. The molecule has 2 atom stereocenters. The highest BCUT2D eigenvalue weighted by atomic mass is 32.2. The van der Waals surface area contributed by atoms with Crippen LogP contribution >= 0.6 is 11.8 Å². The molecule has 1 fully saturated rings. The van der Waals surface area contributed by atoms with E-state index in [1.54, 1.807) is 11.8 Å². The van der Waals surface area contributed by atoms with E-state index in [1.807, 2.05) is 30.5 Å². The molecule has 0 aromatic heterocycles. The van der Waals surface area contributed by atoms with Gasteiger partial charge in [-0.1, -0.05) is 18.2 Å². The molecule has 2 unspecified atom stereocenters. The summed E-state index contributed by atoms with van der Waals surface area (Å²) in [5.41, 5.74) is 0.861. The van der Waals surface area contributed by atoms with Crippen molar-refractivity contribution in [3.8, 4) is 0 Å². The summed E-state index contributed by atoms with van der Waals surface area (Å²) >= 11 is 1.57. The summed E-state index contributed by atoms with van der Waals surface area (Å²) < 4.78 is 26.2. The molecule has 1 aliphatic rings. The number of aliphatic hydroxyl groups excluding tert-OH is 1. The molecule has 1 aromatic rings. The van der Waals surface area contributed by atoms with E-state index < -0.39 is 12.0 Å². The maximum atomic E-state index is 13.1. The first-order valence-corrected chi connectivity index (χ1v) is 7.43. The molecule has 0 radical (unpaired) electrons. The molecule has 0 amide bonds. The van der Waals surface area contributed by atoms with Gasteiger partial charge in [0, 0.05) is 17.7 Å². The van der Waals surface area contributed by atoms with E-state index in [9.17, 15) is 13.9 Å². The number of hydrogen-bond acceptors (Lipinski definition) is 2. The number of benzene rings is 1. The third kappa shape index (κ3) is 3.23. The van der Waals surface area contributed by atoms with E-state index in [-0.39, 0.29) is 18.8 Å². The fourth-order valence-corrected chi connectivity index (χ4v) is 3.28. The van der Waals surface area contributed by atoms with Gasteiger partial charge in [0.2, 0.25) is 5.92 Å². The summed E-state index contributed by atoms with van der Waals surface area (Å²) in [7, 11) is 0. The van der Waals surface area contributed by atoms with Crippen LogP contribution in [0.3, 0.4) is 0 Å². The van der Waals surface area contributed by atoms with Crippen LogP contribution in [-0.2, 0) is 0 Å². The summed E-state index contributed by atoms with van der Waals surface area (Å²) in [5.74, 6) is -2.59. The standard InChI is InChI=1S/C14H18F2OS/c1-18-13-5-3-2-4-11(13)12(17)8-10-6-7-14(15,16)9-10/h2-5,10,12,17H,6-9H2,1H3. The van der Waals surface area contributed by atoms with Crippen LogP contribution < -0.4 is 0 Å². The summed E-state index contributed by atoms with van der Waals surface area (Å²) in [6, 6.07) is 7.63. The molecule has 0 spiro atoms. The molecule has 0 aliphatic heterocycles. The van der Waals surface area contributed by atoms with Crippen molar-refractivity contribution >= 4 is 11.8 Å². The molecule has 1 aromatic carbocycles. The van der Waals surface area contributed by atoms with E-state index >= 15 is 0 Å². The van der Waals surface area contributed by atoms with E-state index in [4.69, 9.17) is 0 Å². The average molecular weight is 272 g/mol. The molecular weight excluding hydrogens is 254 g/mol. The van der Waals surface area contributed by atoms with Gasteiger partial charge < -0.3 is 5.11 Å². The zero-order valence-electron chi connectivity index (χ0n) is 10.4. The van der Waals surface area contributed by atoms with Crippen LogP contribution in [0.25, 0.3) is 0 Å². The van der Waals surface area contributed by atoms with Gasteiger partial charge in [-0.05, 0) is 36.6 Å². The first-order valence-electron chi connectivity index (χ1n) is 6.20. The zero-order valence-corrected chi connectivity index (χ0v) is 11.2. The Morgan fingerprint density at radius 1 is 1.44 bits per heavy atom. The summed E-state index contributed by atoms with van der Waals surface area (Å²) in [6.07, 6.45) is 2.17. The lowest BCUT2D eigenvalue weighted by Crippen LogP contribution is -2.11. The smallest absolute Gasteiger partial charge is 0.248 e. The van der Waals surface area contributed by atoms with E-state index in [1.165, 1.54) is 0 Å². The maximum Gasteiger partial charge on any atom is 0.248 e. The van der Waals surface area contributed by atoms with Gasteiger partial charge in [-0.3, -0.25) is 0 Å². The Labute approximate surface area is 111 Å². The van der Waals surface area contributed by atoms with Crippen molar-refractivity contribution in [1.82, 2.24) is 0 Å². The lowest BCUT2D eigenvalue weighted by molar-refractivity contribution is 0.00249. The van der Waals surface area contributed by atoms with Crippen LogP contribution in [0.2, 0.25) is 0 Å². The number of rotatable bonds is 4. The number of hydrogen-bond donors (Lipinski definition) is 1. The molecule has 0 bridgehead atoms. The molecule has 2 rings (SSSR count). The highest BCUT2D eigenvalue weighted by Crippen LogP contribution is 2.43. The lowest BCUT2D eigenvalue weighted by Gasteiger charge is -2.18. The van der Waals surface area contributed by atoms with Crippen molar-refractivity contribution < 1.29 is 13.9 Å². The van der Waals surface area contributed by atoms with Crippen molar-refractivity contribution in [3.05, 3.63) is 29.8 Å². The minimum absolute atomic E-state index is 0.0332. The van der Waals surface area contributed by atoms with Gasteiger partial charge in [0.1, 0.15) is 0 Å². The highest BCUT2D eigenvalue weighted by molar-refractivity contribution is 7.98. The third-order valence-corrected chi connectivity index (χ3v) is 4.37. The van der Waals surface area contributed by atoms with Crippen molar-refractivity contribution in [1.29, 1.82) is 0 Å². The second-order valence-electron chi connectivity index (χ2n) is 4.96. The van der Waals surface area contributed by atoms with Crippen molar-refractivity contribution in [2.24, 2.45) is 5.92 Å². The van der Waals surface area contributed by atoms with Gasteiger partial charge >= 0.3 is 0 Å². The predicted octanol–water partition coefficient (Wildman–Crippen LogP) is 4.27. The molecule has 1 N–H and O–H groups in total. The van der Waals surface area contributed by atoms with Gasteiger partial charge in [0.15, 0.2) is 0 Å². The molecule has 1 aliphatic carbocycles. The minimum atomic E-state index is -2.52. The lowest BCUT2D eigenvalue weighted by atomic mass is 9.95. The largest absolute Gasteiger partial charge is 0.388 e. The van der Waals surface area contributed by atoms with Crippen LogP contribution in [0, 0.1) is 5.92 Å². The van der Waals surface area contributed by atoms with Crippen LogP contribution in [0.5, 0.6) is 0 Å². The minimum Gasteiger partial charge on any atom is -0.388 e. The Morgan fingerprint density at radius 2 is 2.17 bits per heavy atom. The molecule has 0 saturated heterocycles. The van der Waals surface area contributed by atoms with E-state index in [0.29, 0.717) is 12.8 Å². The normalized spacial score (nSPS) is 24.1. The number of alkyl halides is 2. The second-order valence-corrected chi connectivity index (χ2v) is 5.81. The Hall–Kier alpha value is -0.610. The summed E-state index contributed by atoms with van der Waals surface area (Å²) in [4.78, 5) is 1.02. The van der Waals surface area contributed by atoms with Crippen LogP contribution in [-0.4, -0.2) is 17.3 Å². The van der Waals surface area contributed by atoms with Crippen LogP contribution in [0.1, 0.15) is 37.4 Å². The first-order chi connectivity index (χ1) is 8.52. The van der Waals surface area contributed by atoms with Crippen molar-refractivity contribution in [3.63, 3.8) is 0 Å². The van der Waals surface area contributed by atoms with Gasteiger partial charge in [-0.15, -0.1) is 11.8 Å². The second kappa shape index (κ2) is 5.57. The molecule has 18 heavy (non-hydrogen) atoms. The Morgan fingerprint density at radius 3 is 2.78 bits per heavy atom. The molecule has 100 valence electrons. The predicted molar refractivity (Wildman–Crippen MR) is 70.1 cm³/mol. The summed E-state index contributed by atoms with van der Waals surface area (Å²) in [6.45, 7) is 0. The quantitative estimate of drug-likeness (QED) is 0.826. The Balaban J connectivity index is 2.02. The molecule has 4 heteroatoms. The van der Waals surface area contributed by atoms with Gasteiger partial charge in [-0.25, -0.2) is 8.78 Å². The maximum absolute atomic E-state index is 13.1. The SMILES string of the molecule is CSc1ccccc1C(O)CC1CCC(F)(F)C1. The average Bonchev–Trinajstić information content (AvgIpc) is 2.68. The highest BCUT2D eigenvalue weighted by Gasteiger charge is 2.40. The topological polar surface area (TPSA) is 20.2 Å². The van der Waals surface area contributed by atoms with Crippen LogP contribution in [0.15, 0.2) is 29.2 Å². The number of thioether (sulfide) groups is 1. The number of halogens is 2. The molecule has 0 heterocycles. The fraction of sp³-hybridized carbons (Fsp3) is 0.571. The van der Waals surface area contributed by atoms with Crippen LogP contribution in [0.4, 0.5) is 8.78 Å². The van der Waals surface area contributed by atoms with E-state index in [0.717, 1.165) is 10.5 Å². The monoisotopic (exact) mass is 272 g/mol. The van der Waals surface area contributed by atoms with Gasteiger partial charge in [0.25, 0.3) is 0 Å². The van der Waals surface area contributed by atoms with Crippen molar-refractivity contribution in [2.45, 2.75) is 42.6 Å². The number of aliphatic hydroxyl groups is 1. The van der Waals surface area contributed by atoms with Gasteiger partial charge in [-0.2, -0.15) is 0 Å².